The molecule has 0 aliphatic heterocycles. The molecule has 0 fully saturated rings. The SMILES string of the molecule is CCCCCCCC/C=C\CCCCCCCCOCCCCCN(C)C. The largest absolute Gasteiger partial charge is 0.381 e. The van der Waals surface area contributed by atoms with Crippen LogP contribution < -0.4 is 0 Å². The maximum absolute atomic E-state index is 5.74. The van der Waals surface area contributed by atoms with E-state index in [9.17, 15) is 0 Å². The minimum Gasteiger partial charge on any atom is -0.381 e. The molecule has 0 bridgehead atoms. The molecular formula is C25H51NO. The molecule has 27 heavy (non-hydrogen) atoms. The second-order valence-electron chi connectivity index (χ2n) is 8.41. The first kappa shape index (κ1) is 26.7. The van der Waals surface area contributed by atoms with Gasteiger partial charge in [0.05, 0.1) is 0 Å². The van der Waals surface area contributed by atoms with Crippen LogP contribution in [0, 0.1) is 0 Å². The fourth-order valence-corrected chi connectivity index (χ4v) is 3.36. The lowest BCUT2D eigenvalue weighted by atomic mass is 10.1. The summed E-state index contributed by atoms with van der Waals surface area (Å²) in [5.74, 6) is 0. The number of allylic oxidation sites excluding steroid dienone is 2. The van der Waals surface area contributed by atoms with Gasteiger partial charge in [0.15, 0.2) is 0 Å². The molecule has 0 aromatic heterocycles. The van der Waals surface area contributed by atoms with Gasteiger partial charge in [0.2, 0.25) is 0 Å². The summed E-state index contributed by atoms with van der Waals surface area (Å²) in [6.07, 6.45) is 27.8. The van der Waals surface area contributed by atoms with E-state index in [4.69, 9.17) is 4.74 Å². The van der Waals surface area contributed by atoms with Crippen molar-refractivity contribution in [2.24, 2.45) is 0 Å². The lowest BCUT2D eigenvalue weighted by Crippen LogP contribution is -2.12. The first-order chi connectivity index (χ1) is 13.3. The van der Waals surface area contributed by atoms with Gasteiger partial charge in [0, 0.05) is 13.2 Å². The Morgan fingerprint density at radius 3 is 1.52 bits per heavy atom. The van der Waals surface area contributed by atoms with Crippen LogP contribution in [0.15, 0.2) is 12.2 Å². The molecule has 2 heteroatoms. The molecule has 0 aliphatic carbocycles. The van der Waals surface area contributed by atoms with Gasteiger partial charge in [-0.1, -0.05) is 76.9 Å². The normalized spacial score (nSPS) is 11.9. The van der Waals surface area contributed by atoms with Crippen molar-refractivity contribution in [1.82, 2.24) is 4.90 Å². The molecular weight excluding hydrogens is 330 g/mol. The third kappa shape index (κ3) is 25.7. The lowest BCUT2D eigenvalue weighted by Gasteiger charge is -2.08. The average Bonchev–Trinajstić information content (AvgIpc) is 2.65. The van der Waals surface area contributed by atoms with E-state index in [-0.39, 0.29) is 0 Å². The Hall–Kier alpha value is -0.340. The van der Waals surface area contributed by atoms with Crippen molar-refractivity contribution >= 4 is 0 Å². The second-order valence-corrected chi connectivity index (χ2v) is 8.41. The van der Waals surface area contributed by atoms with Crippen molar-refractivity contribution in [2.45, 2.75) is 116 Å². The van der Waals surface area contributed by atoms with Gasteiger partial charge in [-0.25, -0.2) is 0 Å². The highest BCUT2D eigenvalue weighted by Crippen LogP contribution is 2.10. The molecule has 0 heterocycles. The fraction of sp³-hybridized carbons (Fsp3) is 0.920. The van der Waals surface area contributed by atoms with Crippen LogP contribution in [0.2, 0.25) is 0 Å². The van der Waals surface area contributed by atoms with Crippen molar-refractivity contribution in [2.75, 3.05) is 33.9 Å². The van der Waals surface area contributed by atoms with Crippen LogP contribution in [0.4, 0.5) is 0 Å². The minimum atomic E-state index is 0.957. The van der Waals surface area contributed by atoms with Crippen LogP contribution in [0.1, 0.15) is 116 Å². The second kappa shape index (κ2) is 23.7. The molecule has 0 spiro atoms. The quantitative estimate of drug-likeness (QED) is 0.140. The summed E-state index contributed by atoms with van der Waals surface area (Å²) >= 11 is 0. The van der Waals surface area contributed by atoms with Gasteiger partial charge in [-0.05, 0) is 72.0 Å². The Labute approximate surface area is 172 Å². The van der Waals surface area contributed by atoms with Crippen LogP contribution in [-0.2, 0) is 4.74 Å². The number of unbranched alkanes of at least 4 members (excludes halogenated alkanes) is 14. The standard InChI is InChI=1S/C25H51NO/c1-4-5-6-7-8-9-10-11-12-13-14-15-16-17-18-21-24-27-25-22-19-20-23-26(2)3/h11-12H,4-10,13-25H2,1-3H3/b12-11-. The van der Waals surface area contributed by atoms with Crippen molar-refractivity contribution in [3.8, 4) is 0 Å². The monoisotopic (exact) mass is 381 g/mol. The summed E-state index contributed by atoms with van der Waals surface area (Å²) in [5.41, 5.74) is 0. The lowest BCUT2D eigenvalue weighted by molar-refractivity contribution is 0.125. The molecule has 0 aromatic carbocycles. The van der Waals surface area contributed by atoms with Gasteiger partial charge in [0.25, 0.3) is 0 Å². The van der Waals surface area contributed by atoms with Crippen LogP contribution >= 0.6 is 0 Å². The summed E-state index contributed by atoms with van der Waals surface area (Å²) in [5, 5.41) is 0. The van der Waals surface area contributed by atoms with Gasteiger partial charge in [-0.2, -0.15) is 0 Å². The molecule has 0 unspecified atom stereocenters. The van der Waals surface area contributed by atoms with E-state index in [1.807, 2.05) is 0 Å². The zero-order chi connectivity index (χ0) is 19.8. The molecule has 0 saturated heterocycles. The summed E-state index contributed by atoms with van der Waals surface area (Å²) in [4.78, 5) is 2.26. The van der Waals surface area contributed by atoms with E-state index in [2.05, 4.69) is 38.1 Å². The smallest absolute Gasteiger partial charge is 0.0466 e. The highest BCUT2D eigenvalue weighted by Gasteiger charge is 1.94. The number of ether oxygens (including phenoxy) is 1. The van der Waals surface area contributed by atoms with Gasteiger partial charge < -0.3 is 9.64 Å². The van der Waals surface area contributed by atoms with Crippen molar-refractivity contribution in [3.63, 3.8) is 0 Å². The van der Waals surface area contributed by atoms with Crippen LogP contribution in [-0.4, -0.2) is 38.8 Å². The van der Waals surface area contributed by atoms with E-state index in [0.29, 0.717) is 0 Å². The Morgan fingerprint density at radius 2 is 1.00 bits per heavy atom. The molecule has 162 valence electrons. The summed E-state index contributed by atoms with van der Waals surface area (Å²) in [6.45, 7) is 5.41. The average molecular weight is 382 g/mol. The predicted octanol–water partition coefficient (Wildman–Crippen LogP) is 7.77. The Balaban J connectivity index is 3.05. The fourth-order valence-electron chi connectivity index (χ4n) is 3.36. The molecule has 0 rings (SSSR count). The topological polar surface area (TPSA) is 12.5 Å². The first-order valence-electron chi connectivity index (χ1n) is 12.1. The molecule has 2 nitrogen and oxygen atoms in total. The van der Waals surface area contributed by atoms with E-state index in [0.717, 1.165) is 13.2 Å². The zero-order valence-corrected chi connectivity index (χ0v) is 19.2. The highest BCUT2D eigenvalue weighted by molar-refractivity contribution is 4.81. The van der Waals surface area contributed by atoms with Crippen molar-refractivity contribution < 1.29 is 4.74 Å². The number of rotatable bonds is 22. The zero-order valence-electron chi connectivity index (χ0n) is 19.2. The molecule has 0 radical (unpaired) electrons. The number of nitrogens with zero attached hydrogens (tertiary/aromatic N) is 1. The number of hydrogen-bond donors (Lipinski definition) is 0. The van der Waals surface area contributed by atoms with E-state index >= 15 is 0 Å². The molecule has 0 atom stereocenters. The molecule has 0 aromatic rings. The van der Waals surface area contributed by atoms with Gasteiger partial charge in [0.1, 0.15) is 0 Å². The van der Waals surface area contributed by atoms with Crippen molar-refractivity contribution in [3.05, 3.63) is 12.2 Å². The Kier molecular flexibility index (Phi) is 23.4. The number of hydrogen-bond acceptors (Lipinski definition) is 2. The van der Waals surface area contributed by atoms with Crippen LogP contribution in [0.3, 0.4) is 0 Å². The maximum Gasteiger partial charge on any atom is 0.0466 e. The van der Waals surface area contributed by atoms with Gasteiger partial charge in [-0.15, -0.1) is 0 Å². The molecule has 0 saturated carbocycles. The van der Waals surface area contributed by atoms with Crippen molar-refractivity contribution in [1.29, 1.82) is 0 Å². The highest BCUT2D eigenvalue weighted by atomic mass is 16.5. The molecule has 0 amide bonds. The summed E-state index contributed by atoms with van der Waals surface area (Å²) in [7, 11) is 4.29. The van der Waals surface area contributed by atoms with Gasteiger partial charge >= 0.3 is 0 Å². The van der Waals surface area contributed by atoms with E-state index < -0.39 is 0 Å². The summed E-state index contributed by atoms with van der Waals surface area (Å²) < 4.78 is 5.74. The Morgan fingerprint density at radius 1 is 0.556 bits per heavy atom. The predicted molar refractivity (Wildman–Crippen MR) is 123 cm³/mol. The van der Waals surface area contributed by atoms with E-state index in [1.54, 1.807) is 0 Å². The summed E-state index contributed by atoms with van der Waals surface area (Å²) in [6, 6.07) is 0. The first-order valence-corrected chi connectivity index (χ1v) is 12.1. The van der Waals surface area contributed by atoms with E-state index in [1.165, 1.54) is 116 Å². The third-order valence-corrected chi connectivity index (χ3v) is 5.19. The Bertz CT molecular complexity index is 288. The molecule has 0 N–H and O–H groups in total. The minimum absolute atomic E-state index is 0.957. The molecule has 0 aliphatic rings. The van der Waals surface area contributed by atoms with Crippen LogP contribution in [0.25, 0.3) is 0 Å². The van der Waals surface area contributed by atoms with Gasteiger partial charge in [-0.3, -0.25) is 0 Å². The third-order valence-electron chi connectivity index (χ3n) is 5.19. The maximum atomic E-state index is 5.74. The van der Waals surface area contributed by atoms with Crippen LogP contribution in [0.5, 0.6) is 0 Å².